The smallest absolute Gasteiger partial charge is 0.155 e. The molecule has 0 amide bonds. The summed E-state index contributed by atoms with van der Waals surface area (Å²) in [5, 5.41) is 18.9. The molecule has 8 heteroatoms. The Kier molecular flexibility index (Phi) is 24.7. The largest absolute Gasteiger partial charge is 0.508 e. The molecular weight excluding hydrogens is 1310 g/mol. The van der Waals surface area contributed by atoms with Crippen LogP contribution in [0.25, 0.3) is 0 Å². The summed E-state index contributed by atoms with van der Waals surface area (Å²) in [6, 6.07) is 24.8. The van der Waals surface area contributed by atoms with Crippen molar-refractivity contribution in [2.45, 2.75) is 291 Å². The SMILES string of the molecule is C.COc1ccc2c(c1)CCC1C2CC[C@]2(C)C=CCC12.COc1ccc2c(c1)CCCC2.C[C@@]12C=CCC1C1CCC3=CC(=O)CC[C@@H]3C1CC2.C[C@@]12CCCCC1=CC(=O)CC2.C[C@]12CCC3c4ccc(O)cc4CCC3C1CCC2=O.O=C1C=C2CCCC[C@H]2CC1.Oc1ccc2c(c1)CCCC2. The van der Waals surface area contributed by atoms with Crippen molar-refractivity contribution >= 4 is 23.1 Å². The Morgan fingerprint density at radius 1 is 0.377 bits per heavy atom. The van der Waals surface area contributed by atoms with E-state index < -0.39 is 0 Å². The number of carbonyl (C=O) groups is 4. The number of allylic oxidation sites excluding steroid dienone is 10. The van der Waals surface area contributed by atoms with Gasteiger partial charge in [0.2, 0.25) is 0 Å². The van der Waals surface area contributed by atoms with E-state index in [1.165, 1.54) is 217 Å². The number of phenolic OH excluding ortho intramolecular Hbond substituents is 2. The van der Waals surface area contributed by atoms with Crippen LogP contribution in [0.5, 0.6) is 23.0 Å². The van der Waals surface area contributed by atoms with E-state index in [-0.39, 0.29) is 12.8 Å². The number of carbonyl (C=O) groups excluding carboxylic acids is 4. The van der Waals surface area contributed by atoms with Crippen LogP contribution in [0.3, 0.4) is 0 Å². The van der Waals surface area contributed by atoms with Crippen LogP contribution in [0.1, 0.15) is 297 Å². The van der Waals surface area contributed by atoms with E-state index >= 15 is 0 Å². The first-order valence-electron chi connectivity index (χ1n) is 42.4. The summed E-state index contributed by atoms with van der Waals surface area (Å²) in [5.74, 6) is 13.1. The lowest BCUT2D eigenvalue weighted by Crippen LogP contribution is -2.44. The van der Waals surface area contributed by atoms with Crippen LogP contribution in [-0.4, -0.2) is 47.6 Å². The van der Waals surface area contributed by atoms with E-state index in [0.29, 0.717) is 68.6 Å². The average Bonchev–Trinajstić information content (AvgIpc) is 1.26. The van der Waals surface area contributed by atoms with Crippen molar-refractivity contribution in [1.29, 1.82) is 0 Å². The van der Waals surface area contributed by atoms with Gasteiger partial charge in [0.1, 0.15) is 28.8 Å². The van der Waals surface area contributed by atoms with Gasteiger partial charge in [-0.1, -0.05) is 113 Å². The van der Waals surface area contributed by atoms with Gasteiger partial charge in [-0.25, -0.2) is 0 Å². The number of Topliss-reactive ketones (excluding diaryl/α,β-unsaturated/α-hetero) is 1. The van der Waals surface area contributed by atoms with Gasteiger partial charge in [-0.2, -0.15) is 0 Å². The second-order valence-corrected chi connectivity index (χ2v) is 36.4. The van der Waals surface area contributed by atoms with Crippen molar-refractivity contribution in [3.63, 3.8) is 0 Å². The van der Waals surface area contributed by atoms with Crippen molar-refractivity contribution in [2.75, 3.05) is 14.2 Å². The third-order valence-corrected chi connectivity index (χ3v) is 30.5. The van der Waals surface area contributed by atoms with E-state index in [2.05, 4.69) is 94.5 Å². The molecule has 0 aromatic heterocycles. The Balaban J connectivity index is 0.000000111. The summed E-state index contributed by atoms with van der Waals surface area (Å²) < 4.78 is 10.6. The third kappa shape index (κ3) is 16.8. The topological polar surface area (TPSA) is 127 Å². The molecule has 0 radical (unpaired) electrons. The molecule has 0 saturated heterocycles. The summed E-state index contributed by atoms with van der Waals surface area (Å²) in [6.45, 7) is 9.51. The van der Waals surface area contributed by atoms with Gasteiger partial charge in [-0.05, 0) is 398 Å². The second-order valence-electron chi connectivity index (χ2n) is 36.4. The molecule has 20 rings (SSSR count). The molecule has 4 aromatic carbocycles. The summed E-state index contributed by atoms with van der Waals surface area (Å²) in [6.07, 6.45) is 61.4. The molecule has 0 bridgehead atoms. The Morgan fingerprint density at radius 3 is 1.60 bits per heavy atom. The highest BCUT2D eigenvalue weighted by atomic mass is 16.5. The van der Waals surface area contributed by atoms with E-state index in [0.717, 1.165) is 136 Å². The maximum absolute atomic E-state index is 12.3. The molecule has 570 valence electrons. The number of aryl methyl sites for hydroxylation is 6. The molecule has 7 fully saturated rings. The molecule has 9 unspecified atom stereocenters. The zero-order chi connectivity index (χ0) is 73.0. The Hall–Kier alpha value is -6.54. The number of fused-ring (bicyclic) bond motifs is 19. The molecule has 8 nitrogen and oxygen atoms in total. The van der Waals surface area contributed by atoms with Crippen LogP contribution < -0.4 is 9.47 Å². The number of rotatable bonds is 2. The van der Waals surface area contributed by atoms with Gasteiger partial charge in [0.15, 0.2) is 17.3 Å². The van der Waals surface area contributed by atoms with E-state index in [1.807, 2.05) is 42.5 Å². The summed E-state index contributed by atoms with van der Waals surface area (Å²) in [7, 11) is 3.49. The highest BCUT2D eigenvalue weighted by molar-refractivity contribution is 5.92. The second kappa shape index (κ2) is 33.8. The van der Waals surface area contributed by atoms with Crippen molar-refractivity contribution in [3.8, 4) is 23.0 Å². The zero-order valence-corrected chi connectivity index (χ0v) is 65.0. The van der Waals surface area contributed by atoms with Gasteiger partial charge < -0.3 is 19.7 Å². The van der Waals surface area contributed by atoms with Crippen LogP contribution >= 0.6 is 0 Å². The molecule has 106 heavy (non-hydrogen) atoms. The first kappa shape index (κ1) is 77.6. The van der Waals surface area contributed by atoms with Crippen LogP contribution in [0.4, 0.5) is 0 Å². The quantitative estimate of drug-likeness (QED) is 0.190. The Bertz CT molecular complexity index is 3990. The van der Waals surface area contributed by atoms with Gasteiger partial charge in [-0.15, -0.1) is 0 Å². The summed E-state index contributed by atoms with van der Waals surface area (Å²) in [4.78, 5) is 46.1. The van der Waals surface area contributed by atoms with Crippen LogP contribution in [0.15, 0.2) is 132 Å². The molecule has 15 atom stereocenters. The van der Waals surface area contributed by atoms with Crippen LogP contribution in [0, 0.1) is 74.9 Å². The number of hydrogen-bond acceptors (Lipinski definition) is 8. The highest BCUT2D eigenvalue weighted by Crippen LogP contribution is 2.63. The molecular formula is C98H130O8. The fourth-order valence-electron chi connectivity index (χ4n) is 24.4. The predicted molar refractivity (Wildman–Crippen MR) is 431 cm³/mol. The van der Waals surface area contributed by atoms with Crippen molar-refractivity contribution in [1.82, 2.24) is 0 Å². The summed E-state index contributed by atoms with van der Waals surface area (Å²) >= 11 is 0. The number of ketones is 4. The van der Waals surface area contributed by atoms with Crippen LogP contribution in [0.2, 0.25) is 0 Å². The van der Waals surface area contributed by atoms with E-state index in [4.69, 9.17) is 9.47 Å². The number of methoxy groups -OCH3 is 2. The van der Waals surface area contributed by atoms with Crippen LogP contribution in [-0.2, 0) is 57.7 Å². The van der Waals surface area contributed by atoms with Gasteiger partial charge in [0.25, 0.3) is 0 Å². The third-order valence-electron chi connectivity index (χ3n) is 30.5. The fraction of sp³-hybridized carbons (Fsp3) is 0.612. The maximum atomic E-state index is 12.3. The van der Waals surface area contributed by atoms with E-state index in [1.54, 1.807) is 31.4 Å². The first-order valence-corrected chi connectivity index (χ1v) is 42.4. The van der Waals surface area contributed by atoms with Crippen molar-refractivity contribution in [2.24, 2.45) is 74.9 Å². The molecule has 0 heterocycles. The Labute approximate surface area is 638 Å². The minimum absolute atomic E-state index is 0. The highest BCUT2D eigenvalue weighted by Gasteiger charge is 2.55. The lowest BCUT2D eigenvalue weighted by Gasteiger charge is -2.52. The standard InChI is InChI=1S/C19H24O.C18H22O2.C18H24O.C11H16O.C11H14O.C10H14O.C10H12O.CH4/c1-19-10-3-4-18(19)17-7-5-13-12-14(20-2)6-8-15(13)16(17)9-11-19;1-18-9-8-14-13-5-3-12(19)10-11(13)2-4-15(14)16(18)6-7-17(18)20;1-18-9-2-3-17(18)16-6-4-12-11-13(19)5-7-14(12)15(16)8-10-18;1-11-6-3-2-4-9(11)8-10(12)5-7-11;1-12-11-7-6-9-4-2-3-5-10(9)8-11;2*11-10-6-5-8-3-1-2-4-9(8)7-10;/h3,6,8,10,12,16-18H,4-5,7,9,11H2,1-2H3;3,5,10,14-16,19H,2,4,6-9H2,1H3;2,9,11,14-17H,3-8,10H2,1H3;8H,2-7H2,1H3;6-8H,2-5H2,1H3;7-8H,1-6H2;5-7,11H,1-4H2;1H4/t16?,17?,18?,19-;14?,15?,16?,18-;14-,15?,16?,17?,18-;11-;;8-;;/m0000.0../s1. The number of benzene rings is 4. The van der Waals surface area contributed by atoms with Gasteiger partial charge in [0, 0.05) is 31.1 Å². The van der Waals surface area contributed by atoms with Crippen molar-refractivity contribution < 1.29 is 38.9 Å². The molecule has 2 N–H and O–H groups in total. The van der Waals surface area contributed by atoms with Crippen molar-refractivity contribution in [3.05, 3.63) is 177 Å². The predicted octanol–water partition coefficient (Wildman–Crippen LogP) is 23.6. The van der Waals surface area contributed by atoms with Gasteiger partial charge in [0.05, 0.1) is 14.2 Å². The maximum Gasteiger partial charge on any atom is 0.155 e. The normalized spacial score (nSPS) is 33.9. The van der Waals surface area contributed by atoms with E-state index in [9.17, 15) is 29.4 Å². The number of hydrogen-bond donors (Lipinski definition) is 2. The average molecular weight is 1440 g/mol. The minimum Gasteiger partial charge on any atom is -0.508 e. The lowest BCUT2D eigenvalue weighted by molar-refractivity contribution is -0.129. The summed E-state index contributed by atoms with van der Waals surface area (Å²) in [5.41, 5.74) is 17.5. The van der Waals surface area contributed by atoms with Gasteiger partial charge >= 0.3 is 0 Å². The molecule has 16 aliphatic rings. The number of ether oxygens (including phenoxy) is 2. The molecule has 0 aliphatic heterocycles. The number of phenols is 2. The van der Waals surface area contributed by atoms with Gasteiger partial charge in [-0.3, -0.25) is 19.2 Å². The zero-order valence-electron chi connectivity index (χ0n) is 65.0. The lowest BCUT2D eigenvalue weighted by atomic mass is 9.52. The first-order chi connectivity index (χ1) is 50.8. The Morgan fingerprint density at radius 2 is 0.906 bits per heavy atom. The number of aromatic hydroxyl groups is 2. The fourth-order valence-corrected chi connectivity index (χ4v) is 24.4. The minimum atomic E-state index is -0.0322. The molecule has 7 saturated carbocycles. The molecule has 0 spiro atoms. The monoisotopic (exact) mass is 1430 g/mol. The molecule has 4 aromatic rings. The molecule has 16 aliphatic carbocycles.